The van der Waals surface area contributed by atoms with Gasteiger partial charge in [-0.05, 0) is 137 Å². The molecule has 2 saturated heterocycles. The van der Waals surface area contributed by atoms with E-state index in [1.165, 1.54) is 32.1 Å². The Hall–Kier alpha value is -5.70. The summed E-state index contributed by atoms with van der Waals surface area (Å²) in [5.74, 6) is 3.00. The minimum Gasteiger partial charge on any atom is -0.494 e. The highest BCUT2D eigenvalue weighted by Gasteiger charge is 2.38. The predicted molar refractivity (Wildman–Crippen MR) is 267 cm³/mol. The average Bonchev–Trinajstić information content (AvgIpc) is 4.07. The van der Waals surface area contributed by atoms with Gasteiger partial charge in [0.1, 0.15) is 36.3 Å². The summed E-state index contributed by atoms with van der Waals surface area (Å²) in [6, 6.07) is 18.8. The summed E-state index contributed by atoms with van der Waals surface area (Å²) in [6.45, 7) is 13.2. The molecular weight excluding hydrogens is 909 g/mol. The molecule has 2 aromatic heterocycles. The van der Waals surface area contributed by atoms with E-state index in [-0.39, 0.29) is 0 Å². The number of aromatic nitrogens is 2. The number of oxime groups is 2. The van der Waals surface area contributed by atoms with E-state index < -0.39 is 20.4 Å². The molecule has 4 aromatic rings. The smallest absolute Gasteiger partial charge is 0.304 e. The number of hydrogen-bond donors (Lipinski definition) is 2. The van der Waals surface area contributed by atoms with Gasteiger partial charge in [-0.1, -0.05) is 24.2 Å². The molecule has 8 rings (SSSR count). The quantitative estimate of drug-likeness (QED) is 0.0916. The molecule has 2 atom stereocenters. The van der Waals surface area contributed by atoms with Gasteiger partial charge >= 0.3 is 20.4 Å². The molecule has 18 nitrogen and oxygen atoms in total. The van der Waals surface area contributed by atoms with E-state index in [1.54, 1.807) is 32.9 Å². The Kier molecular flexibility index (Phi) is 17.0. The van der Waals surface area contributed by atoms with Gasteiger partial charge in [0.05, 0.1) is 36.0 Å². The second-order valence-corrected chi connectivity index (χ2v) is 21.2. The minimum atomic E-state index is -3.54. The van der Waals surface area contributed by atoms with Crippen LogP contribution in [0.3, 0.4) is 0 Å². The van der Waals surface area contributed by atoms with Gasteiger partial charge in [0, 0.05) is 74.9 Å². The van der Waals surface area contributed by atoms with Crippen LogP contribution in [0.2, 0.25) is 0 Å². The van der Waals surface area contributed by atoms with Crippen molar-refractivity contribution in [3.8, 4) is 11.5 Å². The van der Waals surface area contributed by atoms with Crippen molar-refractivity contribution < 1.29 is 36.0 Å². The van der Waals surface area contributed by atoms with Crippen LogP contribution in [0.25, 0.3) is 0 Å². The zero-order chi connectivity index (χ0) is 48.3. The van der Waals surface area contributed by atoms with Crippen molar-refractivity contribution in [2.75, 3.05) is 85.8 Å². The predicted octanol–water partition coefficient (Wildman–Crippen LogP) is 6.43. The molecule has 0 unspecified atom stereocenters. The maximum atomic E-state index is 12.9. The Morgan fingerprint density at radius 3 is 1.41 bits per heavy atom. The lowest BCUT2D eigenvalue weighted by molar-refractivity contribution is 0.158. The number of benzene rings is 2. The molecular formula is C48H66N10O8S2. The zero-order valence-electron chi connectivity index (χ0n) is 39.6. The lowest BCUT2D eigenvalue weighted by Crippen LogP contribution is -2.34. The highest BCUT2D eigenvalue weighted by molar-refractivity contribution is 7.91. The number of ether oxygens (including phenoxy) is 2. The third-order valence-corrected chi connectivity index (χ3v) is 16.5. The first kappa shape index (κ1) is 50.2. The van der Waals surface area contributed by atoms with Crippen molar-refractivity contribution in [1.29, 1.82) is 0 Å². The number of pyridine rings is 2. The molecule has 4 N–H and O–H groups in total. The number of fused-ring (bicyclic) bond motifs is 2. The summed E-state index contributed by atoms with van der Waals surface area (Å²) in [4.78, 5) is 18.3. The van der Waals surface area contributed by atoms with Crippen LogP contribution in [0.5, 0.6) is 11.5 Å². The van der Waals surface area contributed by atoms with Crippen LogP contribution in [0, 0.1) is 11.8 Å². The van der Waals surface area contributed by atoms with Crippen LogP contribution in [0.4, 0.5) is 23.0 Å². The molecule has 368 valence electrons. The molecule has 0 spiro atoms. The third-order valence-electron chi connectivity index (χ3n) is 12.6. The Bertz CT molecular complexity index is 2450. The first-order chi connectivity index (χ1) is 32.8. The summed E-state index contributed by atoms with van der Waals surface area (Å²) in [7, 11) is -7.08. The first-order valence-electron chi connectivity index (χ1n) is 23.6. The van der Waals surface area contributed by atoms with Gasteiger partial charge in [-0.25, -0.2) is 9.97 Å². The van der Waals surface area contributed by atoms with Crippen molar-refractivity contribution in [1.82, 2.24) is 18.6 Å². The van der Waals surface area contributed by atoms with E-state index >= 15 is 0 Å². The van der Waals surface area contributed by atoms with Crippen LogP contribution in [0.1, 0.15) is 88.5 Å². The molecule has 4 heterocycles. The fourth-order valence-corrected chi connectivity index (χ4v) is 11.9. The second kappa shape index (κ2) is 23.1. The number of aryl methyl sites for hydroxylation is 2. The molecule has 4 aliphatic rings. The molecule has 0 amide bonds. The van der Waals surface area contributed by atoms with Crippen molar-refractivity contribution in [3.63, 3.8) is 0 Å². The molecule has 0 radical (unpaired) electrons. The van der Waals surface area contributed by atoms with Crippen molar-refractivity contribution in [2.45, 2.75) is 79.1 Å². The van der Waals surface area contributed by atoms with Gasteiger partial charge in [0.2, 0.25) is 0 Å². The summed E-state index contributed by atoms with van der Waals surface area (Å²) in [6.07, 6.45) is 9.98. The Balaban J connectivity index is 0.000000201. The summed E-state index contributed by atoms with van der Waals surface area (Å²) >= 11 is 0. The number of nitrogens with zero attached hydrogens (tertiary/aromatic N) is 8. The molecule has 2 aliphatic heterocycles. The molecule has 20 heteroatoms. The van der Waals surface area contributed by atoms with E-state index in [2.05, 4.69) is 58.4 Å². The van der Waals surface area contributed by atoms with Crippen LogP contribution >= 0.6 is 0 Å². The van der Waals surface area contributed by atoms with Crippen molar-refractivity contribution in [3.05, 3.63) is 95.3 Å². The van der Waals surface area contributed by atoms with E-state index in [0.29, 0.717) is 101 Å². The maximum absolute atomic E-state index is 12.9. The summed E-state index contributed by atoms with van der Waals surface area (Å²) in [5.41, 5.74) is 19.3. The van der Waals surface area contributed by atoms with Crippen LogP contribution < -0.4 is 29.6 Å². The standard InChI is InChI=1S/2C24H33N5O4S/c2*1-3-33-27-23-7-4-19-16-21(5-6-22(19)23)32-15-10-18(2)9-12-28-13-14-29(34(28,30)31)20-8-11-26-24(25)17-20/h2*5-6,8,11,16-18H,3-4,7,9-10,12-15H2,1-2H3,(H2,25,26)/b2*27-23+/t2*18-/m10/s1. The van der Waals surface area contributed by atoms with Gasteiger partial charge < -0.3 is 30.6 Å². The Labute approximate surface area is 401 Å². The number of nitrogen functional groups attached to an aromatic ring is 2. The number of rotatable bonds is 20. The Morgan fingerprint density at radius 1 is 0.588 bits per heavy atom. The first-order valence-corrected chi connectivity index (χ1v) is 26.4. The van der Waals surface area contributed by atoms with Gasteiger partial charge in [-0.15, -0.1) is 0 Å². The van der Waals surface area contributed by atoms with Crippen LogP contribution in [-0.4, -0.2) is 113 Å². The normalized spacial score (nSPS) is 19.4. The molecule has 0 saturated carbocycles. The summed E-state index contributed by atoms with van der Waals surface area (Å²) < 4.78 is 69.6. The van der Waals surface area contributed by atoms with Crippen molar-refractivity contribution in [2.24, 2.45) is 22.1 Å². The number of anilines is 4. The van der Waals surface area contributed by atoms with E-state index in [4.69, 9.17) is 30.6 Å². The van der Waals surface area contributed by atoms with E-state index in [0.717, 1.165) is 85.4 Å². The number of nitrogens with two attached hydrogens (primary N) is 2. The molecule has 68 heavy (non-hydrogen) atoms. The fraction of sp³-hybridized carbons (Fsp3) is 0.500. The monoisotopic (exact) mass is 974 g/mol. The number of hydrogen-bond acceptors (Lipinski definition) is 14. The lowest BCUT2D eigenvalue weighted by Gasteiger charge is -2.21. The average molecular weight is 975 g/mol. The fourth-order valence-electron chi connectivity index (χ4n) is 8.63. The van der Waals surface area contributed by atoms with E-state index in [9.17, 15) is 16.8 Å². The molecule has 2 fully saturated rings. The van der Waals surface area contributed by atoms with Gasteiger partial charge in [0.15, 0.2) is 0 Å². The SMILES string of the molecule is CCO/N=C1\CCc2cc(OCC[C@@H](C)CCN3CCN(c4ccnc(N)c4)S3(=O)=O)ccc21.CCO/N=C1\CCc2cc(OCC[C@H](C)CCN3CCN(c4ccnc(N)c4)S3(=O)=O)ccc21. The summed E-state index contributed by atoms with van der Waals surface area (Å²) in [5, 5.41) is 8.41. The third kappa shape index (κ3) is 12.5. The van der Waals surface area contributed by atoms with E-state index in [1.807, 2.05) is 26.0 Å². The van der Waals surface area contributed by atoms with Gasteiger partial charge in [-0.2, -0.15) is 25.4 Å². The Morgan fingerprint density at radius 2 is 1.01 bits per heavy atom. The highest BCUT2D eigenvalue weighted by Crippen LogP contribution is 2.31. The minimum absolute atomic E-state index is 0.308. The highest BCUT2D eigenvalue weighted by atomic mass is 32.2. The topological polar surface area (TPSA) is 221 Å². The largest absolute Gasteiger partial charge is 0.494 e. The lowest BCUT2D eigenvalue weighted by atomic mass is 10.0. The van der Waals surface area contributed by atoms with Crippen LogP contribution in [0.15, 0.2) is 83.4 Å². The second-order valence-electron chi connectivity index (χ2n) is 17.4. The van der Waals surface area contributed by atoms with Gasteiger partial charge in [0.25, 0.3) is 0 Å². The van der Waals surface area contributed by atoms with Crippen LogP contribution in [-0.2, 0) is 42.9 Å². The van der Waals surface area contributed by atoms with Crippen molar-refractivity contribution >= 4 is 54.9 Å². The maximum Gasteiger partial charge on any atom is 0.304 e. The van der Waals surface area contributed by atoms with Gasteiger partial charge in [-0.3, -0.25) is 8.61 Å². The molecule has 2 aromatic carbocycles. The molecule has 2 aliphatic carbocycles. The zero-order valence-corrected chi connectivity index (χ0v) is 41.3. The molecule has 0 bridgehead atoms.